The summed E-state index contributed by atoms with van der Waals surface area (Å²) in [5.41, 5.74) is 10.00. The molecule has 0 amide bonds. The van der Waals surface area contributed by atoms with E-state index < -0.39 is 34.6 Å². The van der Waals surface area contributed by atoms with Crippen LogP contribution < -0.4 is 5.73 Å². The summed E-state index contributed by atoms with van der Waals surface area (Å²) in [6.45, 7) is 7.18. The number of ether oxygens (including phenoxy) is 2. The lowest BCUT2D eigenvalue weighted by Crippen LogP contribution is -2.26. The molecule has 250 valence electrons. The minimum absolute atomic E-state index is 0.108. The number of anilines is 1. The molecule has 2 rings (SSSR count). The number of rotatable bonds is 22. The van der Waals surface area contributed by atoms with Gasteiger partial charge in [0.2, 0.25) is 0 Å². The summed E-state index contributed by atoms with van der Waals surface area (Å²) in [5.74, 6) is 3.40. The van der Waals surface area contributed by atoms with E-state index in [0.717, 1.165) is 44.9 Å². The van der Waals surface area contributed by atoms with Gasteiger partial charge >= 0.3 is 13.8 Å². The summed E-state index contributed by atoms with van der Waals surface area (Å²) in [6, 6.07) is 0.174. The van der Waals surface area contributed by atoms with Gasteiger partial charge in [0.1, 0.15) is 26.3 Å². The van der Waals surface area contributed by atoms with E-state index in [2.05, 4.69) is 26.4 Å². The zero-order valence-electron chi connectivity index (χ0n) is 26.3. The highest BCUT2D eigenvalue weighted by atomic mass is 31.2. The smallest absolute Gasteiger partial charge is 0.382 e. The van der Waals surface area contributed by atoms with Crippen molar-refractivity contribution in [3.63, 3.8) is 0 Å². The molecule has 0 fully saturated rings. The van der Waals surface area contributed by atoms with Gasteiger partial charge in [-0.05, 0) is 32.2 Å². The number of imidazole rings is 1. The Kier molecular flexibility index (Phi) is 16.9. The van der Waals surface area contributed by atoms with Crippen LogP contribution in [0.3, 0.4) is 0 Å². The van der Waals surface area contributed by atoms with Crippen LogP contribution in [0.5, 0.6) is 0 Å². The number of nitrogen functional groups attached to an aromatic ring is 1. The van der Waals surface area contributed by atoms with Crippen LogP contribution >= 0.6 is 7.60 Å². The van der Waals surface area contributed by atoms with Crippen molar-refractivity contribution >= 4 is 32.7 Å². The normalized spacial score (nSPS) is 14.3. The quantitative estimate of drug-likeness (QED) is 0.0586. The largest absolute Gasteiger partial charge is 0.388 e. The molecule has 15 heteroatoms. The molecule has 0 aliphatic rings. The molecule has 44 heavy (non-hydrogen) atoms. The Bertz CT molecular complexity index is 1220. The highest BCUT2D eigenvalue weighted by molar-refractivity contribution is 7.52. The maximum absolute atomic E-state index is 12.4. The maximum Gasteiger partial charge on any atom is 0.388 e. The lowest BCUT2D eigenvalue weighted by Gasteiger charge is -2.17. The molecular weight excluding hydrogens is 614 g/mol. The van der Waals surface area contributed by atoms with E-state index in [1.54, 1.807) is 17.8 Å². The third-order valence-electron chi connectivity index (χ3n) is 6.93. The summed E-state index contributed by atoms with van der Waals surface area (Å²) < 4.78 is 67.5. The van der Waals surface area contributed by atoms with Crippen molar-refractivity contribution in [2.24, 2.45) is 0 Å². The van der Waals surface area contributed by atoms with E-state index in [1.165, 1.54) is 19.2 Å². The fourth-order valence-corrected chi connectivity index (χ4v) is 6.96. The molecule has 2 aromatic rings. The minimum atomic E-state index is -4.09. The van der Waals surface area contributed by atoms with Crippen molar-refractivity contribution < 1.29 is 36.6 Å². The number of unbranched alkanes of at least 4 members (excludes halogenated alkanes) is 8. The Hall–Kier alpha value is -2.01. The average Bonchev–Trinajstić information content (AvgIpc) is 3.36. The molecule has 0 bridgehead atoms. The van der Waals surface area contributed by atoms with Crippen molar-refractivity contribution in [3.05, 3.63) is 12.7 Å². The molecule has 0 radical (unpaired) electrons. The lowest BCUT2D eigenvalue weighted by molar-refractivity contribution is -0.130. The standard InChI is InChI=1S/C29H49F3N5O5PSi/c1-25(21-37-23-36-26-27(33)34-22-35-28(26)37)41-24-43(38,39)42-18-14-17-40-16-12-10-8-6-4-5-7-9-11-13-19-44(2,3)20-15-29(30,31)32/h22-23,25H,4-12,14-18,20-21,24H2,1-3H3,(H,38,39)(H2,33,34,35)/t25-/m1/s1. The fourth-order valence-electron chi connectivity index (χ4n) is 4.39. The Balaban J connectivity index is 1.39. The van der Waals surface area contributed by atoms with E-state index in [4.69, 9.17) is 19.7 Å². The molecular formula is C29H49F3N5O5PSi. The van der Waals surface area contributed by atoms with E-state index in [0.29, 0.717) is 37.3 Å². The molecule has 2 aromatic heterocycles. The predicted octanol–water partition coefficient (Wildman–Crippen LogP) is 7.09. The first-order valence-corrected chi connectivity index (χ1v) is 20.4. The molecule has 10 nitrogen and oxygen atoms in total. The van der Waals surface area contributed by atoms with Gasteiger partial charge < -0.3 is 29.2 Å². The van der Waals surface area contributed by atoms with Crippen molar-refractivity contribution in [3.8, 4) is 11.5 Å². The van der Waals surface area contributed by atoms with Gasteiger partial charge in [-0.25, -0.2) is 15.0 Å². The minimum Gasteiger partial charge on any atom is -0.382 e. The average molecular weight is 664 g/mol. The third kappa shape index (κ3) is 16.9. The first kappa shape index (κ1) is 38.2. The van der Waals surface area contributed by atoms with Gasteiger partial charge in [-0.2, -0.15) is 13.2 Å². The summed E-state index contributed by atoms with van der Waals surface area (Å²) in [4.78, 5) is 22.3. The van der Waals surface area contributed by atoms with Crippen LogP contribution in [0.4, 0.5) is 19.0 Å². The van der Waals surface area contributed by atoms with Crippen molar-refractivity contribution in [2.75, 3.05) is 31.9 Å². The maximum atomic E-state index is 12.4. The molecule has 2 heterocycles. The summed E-state index contributed by atoms with van der Waals surface area (Å²) in [5, 5.41) is 0. The number of hydrogen-bond donors (Lipinski definition) is 2. The van der Waals surface area contributed by atoms with Crippen molar-refractivity contribution in [1.29, 1.82) is 0 Å². The number of halogens is 3. The number of aromatic nitrogens is 4. The van der Waals surface area contributed by atoms with Gasteiger partial charge in [-0.15, -0.1) is 11.5 Å². The molecule has 2 atom stereocenters. The molecule has 0 aliphatic carbocycles. The topological polar surface area (TPSA) is 135 Å². The van der Waals surface area contributed by atoms with Gasteiger partial charge in [0.05, 0.1) is 25.6 Å². The molecule has 3 N–H and O–H groups in total. The van der Waals surface area contributed by atoms with E-state index in [9.17, 15) is 22.6 Å². The van der Waals surface area contributed by atoms with E-state index >= 15 is 0 Å². The molecule has 0 saturated carbocycles. The number of fused-ring (bicyclic) bond motifs is 1. The SMILES string of the molecule is C[C@H](Cn1cnc2c(N)ncnc21)OCP(=O)(O)OCCCOCCCCCCCCCCC#C[Si](C)(C)CCC(F)(F)F. The Morgan fingerprint density at radius 1 is 1.02 bits per heavy atom. The highest BCUT2D eigenvalue weighted by Gasteiger charge is 2.31. The van der Waals surface area contributed by atoms with Crippen LogP contribution in [0, 0.1) is 11.5 Å². The monoisotopic (exact) mass is 663 g/mol. The summed E-state index contributed by atoms with van der Waals surface area (Å²) in [7, 11) is -5.96. The van der Waals surface area contributed by atoms with Gasteiger partial charge in [-0.1, -0.05) is 51.6 Å². The molecule has 0 spiro atoms. The fraction of sp³-hybridized carbons (Fsp3) is 0.759. The van der Waals surface area contributed by atoms with Gasteiger partial charge in [0, 0.05) is 26.1 Å². The van der Waals surface area contributed by atoms with Crippen LogP contribution in [0.25, 0.3) is 11.2 Å². The predicted molar refractivity (Wildman–Crippen MR) is 169 cm³/mol. The number of nitrogens with zero attached hydrogens (tertiary/aromatic N) is 4. The second-order valence-electron chi connectivity index (χ2n) is 11.8. The van der Waals surface area contributed by atoms with Crippen molar-refractivity contribution in [1.82, 2.24) is 19.5 Å². The Morgan fingerprint density at radius 2 is 1.68 bits per heavy atom. The summed E-state index contributed by atoms with van der Waals surface area (Å²) in [6.07, 6.45) is 7.41. The zero-order valence-corrected chi connectivity index (χ0v) is 28.2. The van der Waals surface area contributed by atoms with E-state index in [1.807, 2.05) is 13.1 Å². The molecule has 0 aliphatic heterocycles. The molecule has 0 saturated heterocycles. The van der Waals surface area contributed by atoms with Crippen LogP contribution in [0.2, 0.25) is 19.1 Å². The first-order valence-electron chi connectivity index (χ1n) is 15.4. The second-order valence-corrected chi connectivity index (χ2v) is 18.1. The van der Waals surface area contributed by atoms with Gasteiger partial charge in [0.15, 0.2) is 11.5 Å². The number of alkyl halides is 3. The lowest BCUT2D eigenvalue weighted by atomic mass is 10.1. The Labute approximate surface area is 260 Å². The van der Waals surface area contributed by atoms with Crippen LogP contribution in [-0.2, 0) is 25.1 Å². The second kappa shape index (κ2) is 19.5. The Morgan fingerprint density at radius 3 is 2.39 bits per heavy atom. The molecule has 0 aromatic carbocycles. The first-order chi connectivity index (χ1) is 20.8. The number of hydrogen-bond acceptors (Lipinski definition) is 8. The van der Waals surface area contributed by atoms with Crippen LogP contribution in [-0.4, -0.2) is 70.9 Å². The number of nitrogens with two attached hydrogens (primary N) is 1. The van der Waals surface area contributed by atoms with Crippen LogP contribution in [0.15, 0.2) is 12.7 Å². The summed E-state index contributed by atoms with van der Waals surface area (Å²) >= 11 is 0. The van der Waals surface area contributed by atoms with Crippen LogP contribution in [0.1, 0.15) is 77.6 Å². The highest BCUT2D eigenvalue weighted by Crippen LogP contribution is 2.42. The van der Waals surface area contributed by atoms with E-state index in [-0.39, 0.29) is 24.6 Å². The van der Waals surface area contributed by atoms with Gasteiger partial charge in [-0.3, -0.25) is 4.57 Å². The molecule has 1 unspecified atom stereocenters. The van der Waals surface area contributed by atoms with Crippen molar-refractivity contribution in [2.45, 2.75) is 116 Å². The third-order valence-corrected chi connectivity index (χ3v) is 10.3. The zero-order chi connectivity index (χ0) is 32.5. The van der Waals surface area contributed by atoms with Gasteiger partial charge in [0.25, 0.3) is 0 Å².